The Morgan fingerprint density at radius 2 is 0.533 bits per heavy atom. The maximum Gasteiger partial charge on any atom is 0.306 e. The van der Waals surface area contributed by atoms with E-state index in [0.29, 0.717) is 19.3 Å². The molecule has 0 spiro atoms. The molecule has 75 heavy (non-hydrogen) atoms. The molecule has 0 aromatic heterocycles. The van der Waals surface area contributed by atoms with Crippen LogP contribution in [0.15, 0.2) is 72.9 Å². The van der Waals surface area contributed by atoms with Gasteiger partial charge in [0.25, 0.3) is 0 Å². The van der Waals surface area contributed by atoms with Crippen LogP contribution in [0, 0.1) is 0 Å². The molecule has 0 saturated carbocycles. The molecule has 0 heterocycles. The van der Waals surface area contributed by atoms with Gasteiger partial charge in [-0.1, -0.05) is 299 Å². The summed E-state index contributed by atoms with van der Waals surface area (Å²) in [6.07, 6.45) is 82.4. The fourth-order valence-electron chi connectivity index (χ4n) is 9.34. The van der Waals surface area contributed by atoms with Gasteiger partial charge < -0.3 is 14.2 Å². The Balaban J connectivity index is 3.96. The molecule has 0 rings (SSSR count). The number of carbonyl (C=O) groups excluding carboxylic acids is 3. The van der Waals surface area contributed by atoms with E-state index < -0.39 is 6.10 Å². The molecule has 0 radical (unpaired) electrons. The first-order valence-corrected chi connectivity index (χ1v) is 32.4. The van der Waals surface area contributed by atoms with E-state index in [4.69, 9.17) is 14.2 Å². The van der Waals surface area contributed by atoms with E-state index in [-0.39, 0.29) is 31.1 Å². The van der Waals surface area contributed by atoms with Crippen molar-refractivity contribution >= 4 is 17.9 Å². The highest BCUT2D eigenvalue weighted by Gasteiger charge is 2.19. The molecule has 0 amide bonds. The van der Waals surface area contributed by atoms with Gasteiger partial charge in [-0.2, -0.15) is 0 Å². The fourth-order valence-corrected chi connectivity index (χ4v) is 9.34. The summed E-state index contributed by atoms with van der Waals surface area (Å²) < 4.78 is 16.8. The molecule has 0 aliphatic carbocycles. The van der Waals surface area contributed by atoms with Gasteiger partial charge in [-0.3, -0.25) is 14.4 Å². The van der Waals surface area contributed by atoms with E-state index in [9.17, 15) is 14.4 Å². The van der Waals surface area contributed by atoms with Crippen LogP contribution in [0.25, 0.3) is 0 Å². The Morgan fingerprint density at radius 3 is 0.853 bits per heavy atom. The highest BCUT2D eigenvalue weighted by molar-refractivity contribution is 5.71. The smallest absolute Gasteiger partial charge is 0.306 e. The van der Waals surface area contributed by atoms with Crippen molar-refractivity contribution in [1.82, 2.24) is 0 Å². The van der Waals surface area contributed by atoms with E-state index in [1.165, 1.54) is 180 Å². The molecule has 0 saturated heterocycles. The van der Waals surface area contributed by atoms with Gasteiger partial charge in [-0.25, -0.2) is 0 Å². The molecule has 434 valence electrons. The van der Waals surface area contributed by atoms with Gasteiger partial charge >= 0.3 is 17.9 Å². The van der Waals surface area contributed by atoms with Gasteiger partial charge in [0.15, 0.2) is 6.10 Å². The largest absolute Gasteiger partial charge is 0.462 e. The van der Waals surface area contributed by atoms with Crippen LogP contribution < -0.4 is 0 Å². The van der Waals surface area contributed by atoms with Crippen molar-refractivity contribution < 1.29 is 28.6 Å². The number of hydrogen-bond acceptors (Lipinski definition) is 6. The molecule has 0 aliphatic rings. The van der Waals surface area contributed by atoms with Crippen LogP contribution in [0.5, 0.6) is 0 Å². The van der Waals surface area contributed by atoms with Gasteiger partial charge in [0.2, 0.25) is 0 Å². The molecule has 6 heteroatoms. The monoisotopic (exact) mass is 1050 g/mol. The molecule has 0 fully saturated rings. The lowest BCUT2D eigenvalue weighted by Gasteiger charge is -2.18. The molecule has 1 unspecified atom stereocenters. The summed E-state index contributed by atoms with van der Waals surface area (Å²) in [5, 5.41) is 0. The fraction of sp³-hybridized carbons (Fsp3) is 0.783. The van der Waals surface area contributed by atoms with Crippen LogP contribution in [0.1, 0.15) is 329 Å². The molecular formula is C69H122O6. The third kappa shape index (κ3) is 61.6. The van der Waals surface area contributed by atoms with Crippen molar-refractivity contribution in [3.63, 3.8) is 0 Å². The van der Waals surface area contributed by atoms with E-state index in [2.05, 4.69) is 93.7 Å². The van der Waals surface area contributed by atoms with Crippen molar-refractivity contribution in [2.24, 2.45) is 0 Å². The van der Waals surface area contributed by atoms with E-state index >= 15 is 0 Å². The molecule has 1 atom stereocenters. The lowest BCUT2D eigenvalue weighted by atomic mass is 10.0. The second-order valence-electron chi connectivity index (χ2n) is 21.6. The van der Waals surface area contributed by atoms with Gasteiger partial charge in [-0.15, -0.1) is 0 Å². The predicted molar refractivity (Wildman–Crippen MR) is 325 cm³/mol. The number of rotatable bonds is 59. The van der Waals surface area contributed by atoms with E-state index in [1.807, 2.05) is 0 Å². The van der Waals surface area contributed by atoms with E-state index in [1.54, 1.807) is 0 Å². The second kappa shape index (κ2) is 63.4. The summed E-state index contributed by atoms with van der Waals surface area (Å²) in [4.78, 5) is 38.0. The minimum absolute atomic E-state index is 0.0759. The molecule has 6 nitrogen and oxygen atoms in total. The summed E-state index contributed by atoms with van der Waals surface area (Å²) in [6, 6.07) is 0. The summed E-state index contributed by atoms with van der Waals surface area (Å²) >= 11 is 0. The Labute approximate surface area is 465 Å². The lowest BCUT2D eigenvalue weighted by Crippen LogP contribution is -2.30. The van der Waals surface area contributed by atoms with Crippen LogP contribution in [0.4, 0.5) is 0 Å². The van der Waals surface area contributed by atoms with Crippen LogP contribution in [-0.2, 0) is 28.6 Å². The molecule has 0 bridgehead atoms. The minimum Gasteiger partial charge on any atom is -0.462 e. The average molecular weight is 1050 g/mol. The van der Waals surface area contributed by atoms with Crippen molar-refractivity contribution in [1.29, 1.82) is 0 Å². The van der Waals surface area contributed by atoms with Crippen molar-refractivity contribution in [2.75, 3.05) is 13.2 Å². The summed E-state index contributed by atoms with van der Waals surface area (Å²) in [5.74, 6) is -0.880. The van der Waals surface area contributed by atoms with Gasteiger partial charge in [0.1, 0.15) is 13.2 Å². The lowest BCUT2D eigenvalue weighted by molar-refractivity contribution is -0.167. The topological polar surface area (TPSA) is 78.9 Å². The SMILES string of the molecule is CC/C=C\C/C=C\C/C=C\C/C=C\CCCCCCCCCCCCCCCCCCCCCCCCC(=O)OCC(COC(=O)CCCCCCCCCC)OC(=O)CCCCCCC/C=C\C/C=C\CCCC. The minimum atomic E-state index is -0.777. The third-order valence-corrected chi connectivity index (χ3v) is 14.2. The third-order valence-electron chi connectivity index (χ3n) is 14.2. The van der Waals surface area contributed by atoms with Crippen LogP contribution >= 0.6 is 0 Å². The first-order chi connectivity index (χ1) is 37.0. The van der Waals surface area contributed by atoms with Crippen LogP contribution in [-0.4, -0.2) is 37.2 Å². The zero-order valence-electron chi connectivity index (χ0n) is 49.8. The maximum atomic E-state index is 12.8. The molecule has 0 aliphatic heterocycles. The van der Waals surface area contributed by atoms with Crippen LogP contribution in [0.2, 0.25) is 0 Å². The first-order valence-electron chi connectivity index (χ1n) is 32.4. The second-order valence-corrected chi connectivity index (χ2v) is 21.6. The molecule has 0 N–H and O–H groups in total. The van der Waals surface area contributed by atoms with Crippen LogP contribution in [0.3, 0.4) is 0 Å². The number of hydrogen-bond donors (Lipinski definition) is 0. The maximum absolute atomic E-state index is 12.8. The van der Waals surface area contributed by atoms with Crippen molar-refractivity contribution in [2.45, 2.75) is 335 Å². The number of allylic oxidation sites excluding steroid dienone is 12. The number of carbonyl (C=O) groups is 3. The Hall–Kier alpha value is -3.15. The quantitative estimate of drug-likeness (QED) is 0.0261. The average Bonchev–Trinajstić information content (AvgIpc) is 3.41. The highest BCUT2D eigenvalue weighted by Crippen LogP contribution is 2.17. The predicted octanol–water partition coefficient (Wildman–Crippen LogP) is 22.1. The number of esters is 3. The molecule has 0 aromatic carbocycles. The summed E-state index contributed by atoms with van der Waals surface area (Å²) in [7, 11) is 0. The van der Waals surface area contributed by atoms with Crippen molar-refractivity contribution in [3.8, 4) is 0 Å². The first kappa shape index (κ1) is 71.8. The summed E-state index contributed by atoms with van der Waals surface area (Å²) in [5.41, 5.74) is 0. The molecular weight excluding hydrogens is 925 g/mol. The van der Waals surface area contributed by atoms with Crippen molar-refractivity contribution in [3.05, 3.63) is 72.9 Å². The summed E-state index contributed by atoms with van der Waals surface area (Å²) in [6.45, 7) is 6.47. The van der Waals surface area contributed by atoms with Gasteiger partial charge in [0, 0.05) is 19.3 Å². The Morgan fingerprint density at radius 1 is 0.280 bits per heavy atom. The number of unbranched alkanes of at least 4 members (excludes halogenated alkanes) is 36. The Kier molecular flexibility index (Phi) is 60.7. The normalized spacial score (nSPS) is 12.5. The molecule has 0 aromatic rings. The van der Waals surface area contributed by atoms with Gasteiger partial charge in [-0.05, 0) is 83.5 Å². The highest BCUT2D eigenvalue weighted by atomic mass is 16.6. The van der Waals surface area contributed by atoms with E-state index in [0.717, 1.165) is 109 Å². The zero-order chi connectivity index (χ0) is 54.3. The number of ether oxygens (including phenoxy) is 3. The zero-order valence-corrected chi connectivity index (χ0v) is 49.8. The Bertz CT molecular complexity index is 1390. The standard InChI is InChI=1S/C69H122O6/c1-4-7-10-13-16-19-21-23-25-26-27-28-29-30-31-32-33-34-35-36-37-38-39-40-41-42-43-44-45-47-48-50-53-56-59-62-68(71)74-65-66(64-73-67(70)61-58-55-52-18-15-12-9-6-3)75-69(72)63-60-57-54-51-49-46-24-22-20-17-14-11-8-5-2/h7,10,14,16-17,19,22-25,27-28,66H,4-6,8-9,11-13,15,18,20-21,26,29-65H2,1-3H3/b10-7-,17-14-,19-16-,24-22-,25-23-,28-27-. The van der Waals surface area contributed by atoms with Gasteiger partial charge in [0.05, 0.1) is 0 Å².